The summed E-state index contributed by atoms with van der Waals surface area (Å²) in [6, 6.07) is 25.7. The van der Waals surface area contributed by atoms with Crippen LogP contribution in [0, 0.1) is 6.92 Å². The fourth-order valence-corrected chi connectivity index (χ4v) is 3.91. The zero-order valence-electron chi connectivity index (χ0n) is 18.5. The second-order valence-electron chi connectivity index (χ2n) is 8.35. The van der Waals surface area contributed by atoms with Crippen molar-refractivity contribution in [1.29, 1.82) is 0 Å². The monoisotopic (exact) mass is 414 g/mol. The molecule has 0 aromatic heterocycles. The Morgan fingerprint density at radius 1 is 0.933 bits per heavy atom. The van der Waals surface area contributed by atoms with Crippen molar-refractivity contribution in [2.45, 2.75) is 46.0 Å². The Morgan fingerprint density at radius 3 is 2.27 bits per heavy atom. The molecule has 0 amide bonds. The van der Waals surface area contributed by atoms with Crippen LogP contribution in [0.4, 0.5) is 0 Å². The Balaban J connectivity index is 1.75. The van der Waals surface area contributed by atoms with E-state index in [0.717, 1.165) is 23.4 Å². The highest BCUT2D eigenvalue weighted by molar-refractivity contribution is 6.32. The SMILES string of the molecule is CCC(C)(C/C=C(\C)c1ccccc1)c1ccc(/C=C/c2ccc(C)cc2Cl)cc1. The van der Waals surface area contributed by atoms with E-state index in [4.69, 9.17) is 11.6 Å². The zero-order chi connectivity index (χ0) is 21.6. The average Bonchev–Trinajstić information content (AvgIpc) is 2.77. The Kier molecular flexibility index (Phi) is 7.34. The standard InChI is InChI=1S/C29H31Cl/c1-5-29(4,20-19-23(3)25-9-7-6-8-10-25)27-17-13-24(14-18-27)12-16-26-15-11-22(2)21-28(26)30/h6-19,21H,5,20H2,1-4H3/b16-12+,23-19+. The van der Waals surface area contributed by atoms with Gasteiger partial charge in [-0.1, -0.05) is 110 Å². The van der Waals surface area contributed by atoms with Crippen LogP contribution in [0.1, 0.15) is 61.4 Å². The van der Waals surface area contributed by atoms with Crippen molar-refractivity contribution in [2.75, 3.05) is 0 Å². The van der Waals surface area contributed by atoms with Gasteiger partial charge in [0.1, 0.15) is 0 Å². The molecule has 1 unspecified atom stereocenters. The molecule has 0 fully saturated rings. The van der Waals surface area contributed by atoms with E-state index in [0.29, 0.717) is 0 Å². The van der Waals surface area contributed by atoms with Crippen molar-refractivity contribution in [1.82, 2.24) is 0 Å². The first-order valence-corrected chi connectivity index (χ1v) is 11.1. The molecule has 0 aliphatic rings. The summed E-state index contributed by atoms with van der Waals surface area (Å²) >= 11 is 6.35. The fraction of sp³-hybridized carbons (Fsp3) is 0.241. The molecule has 1 atom stereocenters. The Morgan fingerprint density at radius 2 is 1.63 bits per heavy atom. The van der Waals surface area contributed by atoms with Crippen molar-refractivity contribution in [3.05, 3.63) is 112 Å². The molecule has 0 aliphatic carbocycles. The highest BCUT2D eigenvalue weighted by Crippen LogP contribution is 2.33. The summed E-state index contributed by atoms with van der Waals surface area (Å²) in [5.41, 5.74) is 7.55. The van der Waals surface area contributed by atoms with Gasteiger partial charge >= 0.3 is 0 Å². The van der Waals surface area contributed by atoms with Crippen molar-refractivity contribution in [3.63, 3.8) is 0 Å². The first kappa shape index (κ1) is 22.1. The number of rotatable bonds is 7. The maximum Gasteiger partial charge on any atom is 0.0481 e. The quantitative estimate of drug-likeness (QED) is 0.338. The normalized spacial score (nSPS) is 14.1. The van der Waals surface area contributed by atoms with Crippen LogP contribution in [0.5, 0.6) is 0 Å². The van der Waals surface area contributed by atoms with Crippen molar-refractivity contribution in [3.8, 4) is 0 Å². The molecule has 0 bridgehead atoms. The summed E-state index contributed by atoms with van der Waals surface area (Å²) in [6.45, 7) is 8.90. The maximum atomic E-state index is 6.35. The third kappa shape index (κ3) is 5.52. The smallest absolute Gasteiger partial charge is 0.0481 e. The van der Waals surface area contributed by atoms with Gasteiger partial charge in [-0.05, 0) is 71.6 Å². The number of hydrogen-bond donors (Lipinski definition) is 0. The van der Waals surface area contributed by atoms with E-state index in [1.807, 2.05) is 6.07 Å². The molecule has 0 nitrogen and oxygen atoms in total. The Hall–Kier alpha value is -2.57. The summed E-state index contributed by atoms with van der Waals surface area (Å²) in [5, 5.41) is 0.794. The van der Waals surface area contributed by atoms with E-state index in [-0.39, 0.29) is 5.41 Å². The van der Waals surface area contributed by atoms with Crippen molar-refractivity contribution < 1.29 is 0 Å². The van der Waals surface area contributed by atoms with Crippen LogP contribution >= 0.6 is 11.6 Å². The van der Waals surface area contributed by atoms with Gasteiger partial charge in [0.25, 0.3) is 0 Å². The van der Waals surface area contributed by atoms with E-state index in [2.05, 4.69) is 113 Å². The molecule has 0 saturated heterocycles. The molecular formula is C29H31Cl. The van der Waals surface area contributed by atoms with E-state index >= 15 is 0 Å². The highest BCUT2D eigenvalue weighted by Gasteiger charge is 2.23. The lowest BCUT2D eigenvalue weighted by Crippen LogP contribution is -2.20. The van der Waals surface area contributed by atoms with Gasteiger partial charge in [0.05, 0.1) is 0 Å². The molecule has 0 saturated carbocycles. The van der Waals surface area contributed by atoms with Crippen LogP contribution in [0.2, 0.25) is 5.02 Å². The van der Waals surface area contributed by atoms with Crippen LogP contribution in [-0.4, -0.2) is 0 Å². The predicted octanol–water partition coefficient (Wildman–Crippen LogP) is 8.98. The summed E-state index contributed by atoms with van der Waals surface area (Å²) < 4.78 is 0. The molecular weight excluding hydrogens is 384 g/mol. The number of hydrogen-bond acceptors (Lipinski definition) is 0. The van der Waals surface area contributed by atoms with Gasteiger partial charge in [-0.3, -0.25) is 0 Å². The average molecular weight is 415 g/mol. The molecule has 0 spiro atoms. The van der Waals surface area contributed by atoms with Gasteiger partial charge in [0.2, 0.25) is 0 Å². The van der Waals surface area contributed by atoms with Crippen LogP contribution in [-0.2, 0) is 5.41 Å². The predicted molar refractivity (Wildman–Crippen MR) is 134 cm³/mol. The molecule has 3 rings (SSSR count). The number of halogens is 1. The fourth-order valence-electron chi connectivity index (χ4n) is 3.61. The van der Waals surface area contributed by atoms with E-state index in [1.54, 1.807) is 0 Å². The number of benzene rings is 3. The molecule has 0 N–H and O–H groups in total. The van der Waals surface area contributed by atoms with Crippen LogP contribution in [0.25, 0.3) is 17.7 Å². The maximum absolute atomic E-state index is 6.35. The minimum Gasteiger partial charge on any atom is -0.0837 e. The molecule has 154 valence electrons. The summed E-state index contributed by atoms with van der Waals surface area (Å²) in [5.74, 6) is 0. The minimum atomic E-state index is 0.124. The summed E-state index contributed by atoms with van der Waals surface area (Å²) in [6.07, 6.45) is 8.72. The Bertz CT molecular complexity index is 1030. The van der Waals surface area contributed by atoms with Crippen LogP contribution < -0.4 is 0 Å². The first-order valence-electron chi connectivity index (χ1n) is 10.7. The van der Waals surface area contributed by atoms with Crippen molar-refractivity contribution >= 4 is 29.3 Å². The van der Waals surface area contributed by atoms with Gasteiger partial charge < -0.3 is 0 Å². The molecule has 0 heterocycles. The molecule has 0 radical (unpaired) electrons. The van der Waals surface area contributed by atoms with Crippen LogP contribution in [0.15, 0.2) is 78.9 Å². The number of allylic oxidation sites excluding steroid dienone is 2. The first-order chi connectivity index (χ1) is 14.4. The molecule has 1 heteroatoms. The highest BCUT2D eigenvalue weighted by atomic mass is 35.5. The molecule has 3 aromatic rings. The largest absolute Gasteiger partial charge is 0.0837 e. The lowest BCUT2D eigenvalue weighted by atomic mass is 9.76. The summed E-state index contributed by atoms with van der Waals surface area (Å²) in [4.78, 5) is 0. The van der Waals surface area contributed by atoms with Gasteiger partial charge in [-0.2, -0.15) is 0 Å². The topological polar surface area (TPSA) is 0 Å². The van der Waals surface area contributed by atoms with Gasteiger partial charge in [-0.15, -0.1) is 0 Å². The third-order valence-electron chi connectivity index (χ3n) is 6.09. The van der Waals surface area contributed by atoms with E-state index in [1.165, 1.54) is 27.8 Å². The lowest BCUT2D eigenvalue weighted by Gasteiger charge is -2.28. The van der Waals surface area contributed by atoms with E-state index in [9.17, 15) is 0 Å². The Labute approximate surface area is 186 Å². The molecule has 3 aromatic carbocycles. The van der Waals surface area contributed by atoms with Crippen molar-refractivity contribution in [2.24, 2.45) is 0 Å². The zero-order valence-corrected chi connectivity index (χ0v) is 19.2. The summed E-state index contributed by atoms with van der Waals surface area (Å²) in [7, 11) is 0. The van der Waals surface area contributed by atoms with Gasteiger partial charge in [0.15, 0.2) is 0 Å². The molecule has 30 heavy (non-hydrogen) atoms. The minimum absolute atomic E-state index is 0.124. The van der Waals surface area contributed by atoms with Crippen LogP contribution in [0.3, 0.4) is 0 Å². The lowest BCUT2D eigenvalue weighted by molar-refractivity contribution is 0.461. The second-order valence-corrected chi connectivity index (χ2v) is 8.76. The van der Waals surface area contributed by atoms with Gasteiger partial charge in [-0.25, -0.2) is 0 Å². The second kappa shape index (κ2) is 9.96. The third-order valence-corrected chi connectivity index (χ3v) is 6.41. The van der Waals surface area contributed by atoms with Gasteiger partial charge in [0, 0.05) is 5.02 Å². The molecule has 0 aliphatic heterocycles. The number of aryl methyl sites for hydroxylation is 1. The van der Waals surface area contributed by atoms with E-state index < -0.39 is 0 Å².